The Morgan fingerprint density at radius 3 is 2.42 bits per heavy atom. The summed E-state index contributed by atoms with van der Waals surface area (Å²) in [4.78, 5) is 16.6. The monoisotopic (exact) mass is 408 g/mol. The molecule has 0 bridgehead atoms. The Bertz CT molecular complexity index is 775. The largest absolute Gasteiger partial charge is 0.373 e. The van der Waals surface area contributed by atoms with Gasteiger partial charge in [0.2, 0.25) is 0 Å². The molecule has 5 nitrogen and oxygen atoms in total. The van der Waals surface area contributed by atoms with Crippen molar-refractivity contribution < 1.29 is 4.79 Å². The van der Waals surface area contributed by atoms with Gasteiger partial charge in [0, 0.05) is 18.9 Å². The fourth-order valence-electron chi connectivity index (χ4n) is 2.19. The average molecular weight is 410 g/mol. The molecule has 0 spiro atoms. The molecule has 0 fully saturated rings. The molecule has 7 heteroatoms. The van der Waals surface area contributed by atoms with E-state index < -0.39 is 0 Å². The molecule has 3 N–H and O–H groups in total. The Kier molecular flexibility index (Phi) is 5.96. The van der Waals surface area contributed by atoms with Gasteiger partial charge in [-0.3, -0.25) is 10.2 Å². The third-order valence-corrected chi connectivity index (χ3v) is 4.34. The van der Waals surface area contributed by atoms with Crippen LogP contribution in [0, 0.1) is 5.41 Å². The molecule has 0 saturated carbocycles. The van der Waals surface area contributed by atoms with Crippen LogP contribution in [0.5, 0.6) is 0 Å². The van der Waals surface area contributed by atoms with Gasteiger partial charge in [-0.2, -0.15) is 0 Å². The number of carbonyl (C=O) groups excluding carboxylic acids is 1. The number of aromatic nitrogens is 1. The van der Waals surface area contributed by atoms with Gasteiger partial charge in [-0.1, -0.05) is 37.6 Å². The van der Waals surface area contributed by atoms with Crippen molar-refractivity contribution in [2.24, 2.45) is 0 Å². The topological polar surface area (TPSA) is 77.9 Å². The van der Waals surface area contributed by atoms with Crippen molar-refractivity contribution in [1.29, 1.82) is 5.41 Å². The van der Waals surface area contributed by atoms with Gasteiger partial charge in [0.1, 0.15) is 10.4 Å². The first-order valence-electron chi connectivity index (χ1n) is 7.37. The molecule has 2 rings (SSSR count). The van der Waals surface area contributed by atoms with Gasteiger partial charge >= 0.3 is 0 Å². The van der Waals surface area contributed by atoms with Gasteiger partial charge in [0.05, 0.1) is 16.1 Å². The van der Waals surface area contributed by atoms with Crippen molar-refractivity contribution in [1.82, 2.24) is 4.98 Å². The summed E-state index contributed by atoms with van der Waals surface area (Å²) in [5.41, 5.74) is 2.43. The highest BCUT2D eigenvalue weighted by molar-refractivity contribution is 9.18. The highest BCUT2D eigenvalue weighted by Gasteiger charge is 2.20. The lowest BCUT2D eigenvalue weighted by atomic mass is 10.0. The molecule has 1 aromatic heterocycles. The summed E-state index contributed by atoms with van der Waals surface area (Å²) in [6.07, 6.45) is 1.39. The first kappa shape index (κ1) is 18.4. The quantitative estimate of drug-likeness (QED) is 0.616. The van der Waals surface area contributed by atoms with Gasteiger partial charge in [-0.05, 0) is 39.5 Å². The smallest absolute Gasteiger partial charge is 0.258 e. The third-order valence-electron chi connectivity index (χ3n) is 3.55. The molecule has 1 amide bonds. The fraction of sp³-hybridized carbons (Fsp3) is 0.235. The highest BCUT2D eigenvalue weighted by Crippen LogP contribution is 2.29. The number of hydrogen-bond donors (Lipinski definition) is 3. The Morgan fingerprint density at radius 1 is 1.29 bits per heavy atom. The summed E-state index contributed by atoms with van der Waals surface area (Å²) in [7, 11) is 1.67. The lowest BCUT2D eigenvalue weighted by molar-refractivity contribution is 0.102. The molecule has 0 aliphatic rings. The predicted octanol–water partition coefficient (Wildman–Crippen LogP) is 4.87. The zero-order chi connectivity index (χ0) is 17.9. The van der Waals surface area contributed by atoms with Crippen LogP contribution in [0.2, 0.25) is 5.02 Å². The maximum atomic E-state index is 12.5. The van der Waals surface area contributed by atoms with Crippen molar-refractivity contribution in [3.8, 4) is 0 Å². The first-order valence-corrected chi connectivity index (χ1v) is 8.54. The average Bonchev–Trinajstić information content (AvgIpc) is 2.54. The zero-order valence-corrected chi connectivity index (χ0v) is 15.9. The van der Waals surface area contributed by atoms with Crippen LogP contribution >= 0.6 is 27.5 Å². The van der Waals surface area contributed by atoms with E-state index in [1.54, 1.807) is 7.05 Å². The molecular weight excluding hydrogens is 392 g/mol. The first-order chi connectivity index (χ1) is 11.3. The minimum absolute atomic E-state index is 0.0558. The van der Waals surface area contributed by atoms with E-state index in [-0.39, 0.29) is 21.1 Å². The zero-order valence-electron chi connectivity index (χ0n) is 13.6. The molecule has 0 atom stereocenters. The number of benzene rings is 1. The lowest BCUT2D eigenvalue weighted by Crippen LogP contribution is -2.15. The highest BCUT2D eigenvalue weighted by atomic mass is 79.9. The van der Waals surface area contributed by atoms with Crippen LogP contribution in [0.25, 0.3) is 0 Å². The van der Waals surface area contributed by atoms with Crippen LogP contribution in [0.4, 0.5) is 11.5 Å². The van der Waals surface area contributed by atoms with E-state index in [0.29, 0.717) is 23.0 Å². The number of hydrogen-bond acceptors (Lipinski definition) is 4. The molecule has 1 heterocycles. The van der Waals surface area contributed by atoms with E-state index in [1.165, 1.54) is 11.8 Å². The van der Waals surface area contributed by atoms with Gasteiger partial charge in [-0.15, -0.1) is 0 Å². The molecule has 1 aromatic carbocycles. The summed E-state index contributed by atoms with van der Waals surface area (Å²) >= 11 is 9.39. The Morgan fingerprint density at radius 2 is 1.92 bits per heavy atom. The molecule has 0 saturated heterocycles. The number of amides is 1. The van der Waals surface area contributed by atoms with Crippen LogP contribution in [0.1, 0.15) is 41.3 Å². The molecular formula is C17H18BrClN4O. The van der Waals surface area contributed by atoms with Crippen molar-refractivity contribution in [3.05, 3.63) is 52.2 Å². The van der Waals surface area contributed by atoms with E-state index >= 15 is 0 Å². The second kappa shape index (κ2) is 7.77. The number of anilines is 2. The molecule has 0 unspecified atom stereocenters. The molecule has 126 valence electrons. The third kappa shape index (κ3) is 3.94. The Hall–Kier alpha value is -1.92. The van der Waals surface area contributed by atoms with E-state index in [2.05, 4.69) is 45.4 Å². The number of carbonyl (C=O) groups is 1. The molecule has 0 aliphatic heterocycles. The van der Waals surface area contributed by atoms with Gasteiger partial charge in [0.25, 0.3) is 5.91 Å². The summed E-state index contributed by atoms with van der Waals surface area (Å²) in [6, 6.07) is 7.65. The molecule has 2 aromatic rings. The van der Waals surface area contributed by atoms with Crippen molar-refractivity contribution in [2.45, 2.75) is 19.8 Å². The maximum absolute atomic E-state index is 12.5. The predicted molar refractivity (Wildman–Crippen MR) is 103 cm³/mol. The molecule has 0 radical (unpaired) electrons. The number of rotatable bonds is 5. The summed E-state index contributed by atoms with van der Waals surface area (Å²) < 4.78 is 0.0558. The standard InChI is InChI=1S/C17H18BrClN4O/c1-9(2)10-4-6-11(7-5-10)23-17(24)12-8-22-16(21-3)13(14(12)19)15(18)20/h4-9,20H,1-3H3,(H,21,22)(H,23,24). The molecule has 24 heavy (non-hydrogen) atoms. The maximum Gasteiger partial charge on any atom is 0.258 e. The van der Waals surface area contributed by atoms with E-state index in [9.17, 15) is 4.79 Å². The second-order valence-corrected chi connectivity index (χ2v) is 6.68. The van der Waals surface area contributed by atoms with Gasteiger partial charge < -0.3 is 10.6 Å². The van der Waals surface area contributed by atoms with E-state index in [4.69, 9.17) is 17.0 Å². The number of nitrogens with one attached hydrogen (secondary N) is 3. The fourth-order valence-corrected chi connectivity index (χ4v) is 3.01. The van der Waals surface area contributed by atoms with Crippen LogP contribution in [0.3, 0.4) is 0 Å². The van der Waals surface area contributed by atoms with Crippen LogP contribution in [-0.4, -0.2) is 22.6 Å². The van der Waals surface area contributed by atoms with Crippen LogP contribution in [0.15, 0.2) is 30.5 Å². The van der Waals surface area contributed by atoms with Crippen molar-refractivity contribution >= 4 is 49.6 Å². The minimum Gasteiger partial charge on any atom is -0.373 e. The number of nitrogens with zero attached hydrogens (tertiary/aromatic N) is 1. The van der Waals surface area contributed by atoms with Crippen LogP contribution < -0.4 is 10.6 Å². The van der Waals surface area contributed by atoms with Gasteiger partial charge in [-0.25, -0.2) is 4.98 Å². The van der Waals surface area contributed by atoms with Crippen molar-refractivity contribution in [2.75, 3.05) is 17.7 Å². The summed E-state index contributed by atoms with van der Waals surface area (Å²) in [5.74, 6) is 0.483. The summed E-state index contributed by atoms with van der Waals surface area (Å²) in [5, 5.41) is 13.6. The van der Waals surface area contributed by atoms with E-state index in [0.717, 1.165) is 0 Å². The SMILES string of the molecule is CNc1ncc(C(=O)Nc2ccc(C(C)C)cc2)c(Cl)c1C(=N)Br. The second-order valence-electron chi connectivity index (χ2n) is 5.50. The normalized spacial score (nSPS) is 10.6. The molecule has 0 aliphatic carbocycles. The lowest BCUT2D eigenvalue weighted by Gasteiger charge is -2.13. The van der Waals surface area contributed by atoms with Crippen molar-refractivity contribution in [3.63, 3.8) is 0 Å². The van der Waals surface area contributed by atoms with Gasteiger partial charge in [0.15, 0.2) is 0 Å². The summed E-state index contributed by atoms with van der Waals surface area (Å²) in [6.45, 7) is 4.22. The minimum atomic E-state index is -0.373. The number of pyridine rings is 1. The Labute approximate surface area is 154 Å². The van der Waals surface area contributed by atoms with Crippen LogP contribution in [-0.2, 0) is 0 Å². The number of halogens is 2. The Balaban J connectivity index is 2.30. The van der Waals surface area contributed by atoms with E-state index in [1.807, 2.05) is 24.3 Å².